The van der Waals surface area contributed by atoms with E-state index < -0.39 is 17.9 Å². The fraction of sp³-hybridized carbons (Fsp3) is 0.708. The Morgan fingerprint density at radius 3 is 2.92 bits per heavy atom. The summed E-state index contributed by atoms with van der Waals surface area (Å²) in [5, 5.41) is 9.39. The van der Waals surface area contributed by atoms with Crippen LogP contribution in [0.15, 0.2) is 6.33 Å². The van der Waals surface area contributed by atoms with Gasteiger partial charge in [-0.2, -0.15) is 15.2 Å². The van der Waals surface area contributed by atoms with Gasteiger partial charge in [0.05, 0.1) is 30.4 Å². The number of alkyl halides is 1. The van der Waals surface area contributed by atoms with Crippen molar-refractivity contribution in [2.24, 2.45) is 0 Å². The van der Waals surface area contributed by atoms with Crippen LogP contribution < -0.4 is 9.64 Å². The summed E-state index contributed by atoms with van der Waals surface area (Å²) in [7, 11) is 0. The second kappa shape index (κ2) is 9.35. The van der Waals surface area contributed by atoms with E-state index in [1.807, 2.05) is 25.7 Å². The van der Waals surface area contributed by atoms with E-state index in [0.717, 1.165) is 19.4 Å². The third kappa shape index (κ3) is 4.76. The minimum atomic E-state index is -0.833. The topological polar surface area (TPSA) is 124 Å². The molecule has 11 nitrogen and oxygen atoms in total. The highest BCUT2D eigenvalue weighted by molar-refractivity contribution is 5.77. The molecule has 0 aliphatic carbocycles. The molecule has 2 aromatic heterocycles. The zero-order valence-corrected chi connectivity index (χ0v) is 21.0. The number of carbonyl (C=O) groups is 1. The number of aromatic nitrogens is 4. The molecule has 2 aromatic rings. The summed E-state index contributed by atoms with van der Waals surface area (Å²) < 4.78 is 26.0. The summed E-state index contributed by atoms with van der Waals surface area (Å²) in [6.07, 6.45) is 2.85. The van der Waals surface area contributed by atoms with E-state index in [2.05, 4.69) is 25.9 Å². The molecule has 3 saturated heterocycles. The average molecular weight is 501 g/mol. The van der Waals surface area contributed by atoms with Crippen LogP contribution in [0.4, 0.5) is 15.1 Å². The highest BCUT2D eigenvalue weighted by Gasteiger charge is 2.49. The van der Waals surface area contributed by atoms with Crippen LogP contribution in [0, 0.1) is 11.3 Å². The molecule has 3 aliphatic rings. The SMILES string of the molecule is CC(C)(C)OC(=O)N1CCN(c2nc(OC[C@@]34CCCN3C[C@H](F)C4)c3[nH]cnc3n2)C[C@@H]1CC#N. The van der Waals surface area contributed by atoms with Crippen LogP contribution in [-0.2, 0) is 4.74 Å². The number of hydrogen-bond acceptors (Lipinski definition) is 9. The molecule has 0 bridgehead atoms. The molecule has 12 heteroatoms. The number of imidazole rings is 1. The van der Waals surface area contributed by atoms with Crippen molar-refractivity contribution in [1.82, 2.24) is 29.7 Å². The van der Waals surface area contributed by atoms with Gasteiger partial charge in [0.15, 0.2) is 5.65 Å². The maximum Gasteiger partial charge on any atom is 0.410 e. The quantitative estimate of drug-likeness (QED) is 0.660. The largest absolute Gasteiger partial charge is 0.474 e. The molecule has 0 unspecified atom stereocenters. The standard InChI is InChI=1S/C24H33FN8O3/c1-23(2,3)36-22(34)33-10-9-31(13-17(33)5-7-26)21-29-19-18(27-15-28-19)20(30-21)35-14-24-6-4-8-32(24)12-16(25)11-24/h15-17H,4-6,8-14H2,1-3H3,(H,27,28,29,30)/t16-,17+,24+/m1/s1. The molecule has 36 heavy (non-hydrogen) atoms. The van der Waals surface area contributed by atoms with Crippen LogP contribution in [0.5, 0.6) is 5.88 Å². The van der Waals surface area contributed by atoms with Crippen molar-refractivity contribution in [2.45, 2.75) is 69.8 Å². The Morgan fingerprint density at radius 2 is 2.14 bits per heavy atom. The molecular weight excluding hydrogens is 467 g/mol. The first-order valence-corrected chi connectivity index (χ1v) is 12.5. The number of nitriles is 1. The monoisotopic (exact) mass is 500 g/mol. The Kier molecular flexibility index (Phi) is 6.36. The van der Waals surface area contributed by atoms with Crippen LogP contribution in [-0.4, -0.2) is 98.5 Å². The molecule has 0 radical (unpaired) electrons. The van der Waals surface area contributed by atoms with Crippen LogP contribution >= 0.6 is 0 Å². The Hall–Kier alpha value is -3.20. The van der Waals surface area contributed by atoms with E-state index in [1.54, 1.807) is 11.2 Å². The number of hydrogen-bond donors (Lipinski definition) is 1. The molecule has 1 N–H and O–H groups in total. The van der Waals surface area contributed by atoms with Crippen molar-refractivity contribution in [2.75, 3.05) is 44.2 Å². The van der Waals surface area contributed by atoms with Gasteiger partial charge in [-0.15, -0.1) is 0 Å². The number of halogens is 1. The summed E-state index contributed by atoms with van der Waals surface area (Å²) >= 11 is 0. The number of fused-ring (bicyclic) bond motifs is 2. The van der Waals surface area contributed by atoms with Gasteiger partial charge in [-0.1, -0.05) is 0 Å². The minimum absolute atomic E-state index is 0.159. The van der Waals surface area contributed by atoms with Crippen molar-refractivity contribution >= 4 is 23.2 Å². The van der Waals surface area contributed by atoms with E-state index in [0.29, 0.717) is 62.2 Å². The number of nitrogens with one attached hydrogen (secondary N) is 1. The van der Waals surface area contributed by atoms with E-state index in [9.17, 15) is 14.4 Å². The van der Waals surface area contributed by atoms with E-state index in [-0.39, 0.29) is 18.0 Å². The van der Waals surface area contributed by atoms with Gasteiger partial charge >= 0.3 is 6.09 Å². The highest BCUT2D eigenvalue weighted by atomic mass is 19.1. The van der Waals surface area contributed by atoms with Crippen molar-refractivity contribution in [3.05, 3.63) is 6.33 Å². The Bertz CT molecular complexity index is 1160. The molecule has 5 heterocycles. The first-order chi connectivity index (χ1) is 17.2. The number of anilines is 1. The number of piperazine rings is 1. The molecular formula is C24H33FN8O3. The number of nitrogens with zero attached hydrogens (tertiary/aromatic N) is 7. The number of amides is 1. The maximum absolute atomic E-state index is 14.2. The van der Waals surface area contributed by atoms with Crippen LogP contribution in [0.2, 0.25) is 0 Å². The first kappa shape index (κ1) is 24.5. The number of rotatable bonds is 5. The van der Waals surface area contributed by atoms with Gasteiger partial charge < -0.3 is 24.3 Å². The summed E-state index contributed by atoms with van der Waals surface area (Å²) in [5.74, 6) is 0.800. The molecule has 3 atom stereocenters. The second-order valence-electron chi connectivity index (χ2n) is 10.9. The molecule has 5 rings (SSSR count). The third-order valence-electron chi connectivity index (χ3n) is 7.20. The highest BCUT2D eigenvalue weighted by Crippen LogP contribution is 2.40. The second-order valence-corrected chi connectivity index (χ2v) is 10.9. The van der Waals surface area contributed by atoms with E-state index in [4.69, 9.17) is 14.5 Å². The predicted octanol–water partition coefficient (Wildman–Crippen LogP) is 2.65. The predicted molar refractivity (Wildman–Crippen MR) is 129 cm³/mol. The Balaban J connectivity index is 1.35. The lowest BCUT2D eigenvalue weighted by Gasteiger charge is -2.40. The maximum atomic E-state index is 14.2. The molecule has 3 aliphatic heterocycles. The van der Waals surface area contributed by atoms with Crippen LogP contribution in [0.1, 0.15) is 46.5 Å². The Morgan fingerprint density at radius 1 is 1.31 bits per heavy atom. The minimum Gasteiger partial charge on any atom is -0.474 e. The zero-order valence-electron chi connectivity index (χ0n) is 21.0. The van der Waals surface area contributed by atoms with Gasteiger partial charge in [0.25, 0.3) is 0 Å². The van der Waals surface area contributed by atoms with E-state index >= 15 is 0 Å². The van der Waals surface area contributed by atoms with E-state index in [1.165, 1.54) is 0 Å². The first-order valence-electron chi connectivity index (χ1n) is 12.5. The van der Waals surface area contributed by atoms with Gasteiger partial charge in [-0.25, -0.2) is 14.2 Å². The number of carbonyl (C=O) groups excluding carboxylic acids is 1. The summed E-state index contributed by atoms with van der Waals surface area (Å²) in [6, 6.07) is 1.81. The molecule has 194 valence electrons. The van der Waals surface area contributed by atoms with Crippen molar-refractivity contribution in [3.8, 4) is 11.9 Å². The smallest absolute Gasteiger partial charge is 0.410 e. The summed E-state index contributed by atoms with van der Waals surface area (Å²) in [6.45, 7) is 8.37. The number of aromatic amines is 1. The number of H-pyrrole nitrogens is 1. The van der Waals surface area contributed by atoms with Crippen molar-refractivity contribution in [3.63, 3.8) is 0 Å². The fourth-order valence-corrected chi connectivity index (χ4v) is 5.57. The fourth-order valence-electron chi connectivity index (χ4n) is 5.57. The normalized spacial score (nSPS) is 26.8. The molecule has 3 fully saturated rings. The van der Waals surface area contributed by atoms with Gasteiger partial charge in [0.1, 0.15) is 23.9 Å². The van der Waals surface area contributed by atoms with Gasteiger partial charge in [0.2, 0.25) is 11.8 Å². The lowest BCUT2D eigenvalue weighted by Crippen LogP contribution is -2.56. The van der Waals surface area contributed by atoms with Gasteiger partial charge in [-0.3, -0.25) is 4.90 Å². The third-order valence-corrected chi connectivity index (χ3v) is 7.20. The molecule has 1 amide bonds. The summed E-state index contributed by atoms with van der Waals surface area (Å²) in [5.41, 5.74) is 0.141. The Labute approximate surface area is 209 Å². The molecule has 0 aromatic carbocycles. The summed E-state index contributed by atoms with van der Waals surface area (Å²) in [4.78, 5) is 35.2. The molecule has 0 spiro atoms. The molecule has 0 saturated carbocycles. The van der Waals surface area contributed by atoms with Crippen LogP contribution in [0.3, 0.4) is 0 Å². The van der Waals surface area contributed by atoms with Crippen molar-refractivity contribution in [1.29, 1.82) is 5.26 Å². The zero-order chi connectivity index (χ0) is 25.5. The van der Waals surface area contributed by atoms with Gasteiger partial charge in [0, 0.05) is 32.6 Å². The lowest BCUT2D eigenvalue weighted by molar-refractivity contribution is 0.0144. The van der Waals surface area contributed by atoms with Gasteiger partial charge in [-0.05, 0) is 40.2 Å². The lowest BCUT2D eigenvalue weighted by atomic mass is 9.95. The van der Waals surface area contributed by atoms with Crippen LogP contribution in [0.25, 0.3) is 11.2 Å². The number of ether oxygens (including phenoxy) is 2. The van der Waals surface area contributed by atoms with Crippen molar-refractivity contribution < 1.29 is 18.7 Å². The average Bonchev–Trinajstić information content (AvgIpc) is 3.50.